The molecule has 0 spiro atoms. The van der Waals surface area contributed by atoms with E-state index in [1.165, 1.54) is 54.9 Å². The summed E-state index contributed by atoms with van der Waals surface area (Å²) in [5, 5.41) is 2.56. The molecule has 0 heterocycles. The largest absolute Gasteiger partial charge is 0.294 e. The van der Waals surface area contributed by atoms with Crippen LogP contribution in [0.2, 0.25) is 0 Å². The smallest absolute Gasteiger partial charge is 0.166 e. The molecule has 1 fully saturated rings. The highest BCUT2D eigenvalue weighted by molar-refractivity contribution is 6.07. The molecule has 2 aliphatic carbocycles. The lowest BCUT2D eigenvalue weighted by Crippen LogP contribution is -2.25. The van der Waals surface area contributed by atoms with Gasteiger partial charge in [0.25, 0.3) is 0 Å². The van der Waals surface area contributed by atoms with Gasteiger partial charge in [0.1, 0.15) is 0 Å². The molecule has 0 radical (unpaired) electrons. The highest BCUT2D eigenvalue weighted by Crippen LogP contribution is 2.42. The summed E-state index contributed by atoms with van der Waals surface area (Å²) >= 11 is 0. The Morgan fingerprint density at radius 3 is 2.57 bits per heavy atom. The summed E-state index contributed by atoms with van der Waals surface area (Å²) in [6.07, 6.45) is 8.82. The molecular formula is C22H26O. The fraction of sp³-hybridized carbons (Fsp3) is 0.500. The molecule has 1 atom stereocenters. The molecule has 0 bridgehead atoms. The number of hydrogen-bond acceptors (Lipinski definition) is 1. The van der Waals surface area contributed by atoms with Crippen molar-refractivity contribution in [2.45, 2.75) is 51.9 Å². The molecule has 4 rings (SSSR count). The number of carbonyl (C=O) groups excluding carboxylic acids is 1. The minimum absolute atomic E-state index is 0.249. The molecule has 0 aliphatic heterocycles. The first kappa shape index (κ1) is 14.9. The Balaban J connectivity index is 1.57. The molecule has 1 unspecified atom stereocenters. The molecule has 23 heavy (non-hydrogen) atoms. The van der Waals surface area contributed by atoms with Crippen LogP contribution in [0, 0.1) is 17.8 Å². The van der Waals surface area contributed by atoms with Crippen LogP contribution in [0.5, 0.6) is 0 Å². The molecule has 0 saturated heterocycles. The van der Waals surface area contributed by atoms with E-state index < -0.39 is 0 Å². The van der Waals surface area contributed by atoms with E-state index in [2.05, 4.69) is 43.3 Å². The Kier molecular flexibility index (Phi) is 3.97. The van der Waals surface area contributed by atoms with Gasteiger partial charge in [-0.05, 0) is 47.4 Å². The third kappa shape index (κ3) is 2.60. The van der Waals surface area contributed by atoms with Crippen molar-refractivity contribution < 1.29 is 4.79 Å². The monoisotopic (exact) mass is 306 g/mol. The molecule has 0 aromatic heterocycles. The summed E-state index contributed by atoms with van der Waals surface area (Å²) in [5.74, 6) is 2.20. The third-order valence-electron chi connectivity index (χ3n) is 6.22. The van der Waals surface area contributed by atoms with Gasteiger partial charge >= 0.3 is 0 Å². The lowest BCUT2D eigenvalue weighted by atomic mass is 9.73. The van der Waals surface area contributed by atoms with Crippen LogP contribution in [-0.4, -0.2) is 5.78 Å². The van der Waals surface area contributed by atoms with Gasteiger partial charge in [-0.25, -0.2) is 0 Å². The predicted molar refractivity (Wildman–Crippen MR) is 95.8 cm³/mol. The second-order valence-electron chi connectivity index (χ2n) is 7.56. The van der Waals surface area contributed by atoms with Crippen molar-refractivity contribution in [2.75, 3.05) is 0 Å². The van der Waals surface area contributed by atoms with Gasteiger partial charge in [0, 0.05) is 11.5 Å². The van der Waals surface area contributed by atoms with Crippen molar-refractivity contribution in [3.63, 3.8) is 0 Å². The molecule has 0 amide bonds. The Bertz CT molecular complexity index is 722. The van der Waals surface area contributed by atoms with Crippen LogP contribution in [0.25, 0.3) is 10.8 Å². The van der Waals surface area contributed by atoms with Crippen LogP contribution in [0.15, 0.2) is 36.4 Å². The summed E-state index contributed by atoms with van der Waals surface area (Å²) < 4.78 is 0. The lowest BCUT2D eigenvalue weighted by molar-refractivity contribution is 0.0851. The lowest BCUT2D eigenvalue weighted by Gasteiger charge is -2.31. The number of ketones is 1. The van der Waals surface area contributed by atoms with Crippen LogP contribution >= 0.6 is 0 Å². The number of rotatable bonds is 3. The van der Waals surface area contributed by atoms with E-state index in [-0.39, 0.29) is 5.92 Å². The highest BCUT2D eigenvalue weighted by Gasteiger charge is 2.38. The fourth-order valence-corrected chi connectivity index (χ4v) is 4.97. The standard InChI is InChI=1S/C22H26O/c1-2-5-15-8-10-17(11-9-15)20-14-21-18-7-4-3-6-16(18)12-13-19(21)22(20)23/h3-4,6-7,12-13,15,17,20H,2,5,8-11,14H2,1H3. The maximum absolute atomic E-state index is 12.9. The molecule has 120 valence electrons. The van der Waals surface area contributed by atoms with E-state index in [0.29, 0.717) is 11.7 Å². The second-order valence-corrected chi connectivity index (χ2v) is 7.56. The number of Topliss-reactive ketones (excluding diaryl/α,β-unsaturated/α-hetero) is 1. The first-order chi connectivity index (χ1) is 11.3. The van der Waals surface area contributed by atoms with Gasteiger partial charge in [-0.2, -0.15) is 0 Å². The Morgan fingerprint density at radius 1 is 1.00 bits per heavy atom. The Labute approximate surface area is 139 Å². The zero-order chi connectivity index (χ0) is 15.8. The second kappa shape index (κ2) is 6.11. The minimum Gasteiger partial charge on any atom is -0.294 e. The van der Waals surface area contributed by atoms with Gasteiger partial charge in [0.05, 0.1) is 0 Å². The number of benzene rings is 2. The van der Waals surface area contributed by atoms with E-state index in [1.807, 2.05) is 0 Å². The number of fused-ring (bicyclic) bond motifs is 3. The van der Waals surface area contributed by atoms with E-state index in [0.717, 1.165) is 17.9 Å². The first-order valence-electron chi connectivity index (χ1n) is 9.32. The zero-order valence-electron chi connectivity index (χ0n) is 14.1. The highest BCUT2D eigenvalue weighted by atomic mass is 16.1. The maximum Gasteiger partial charge on any atom is 0.166 e. The third-order valence-corrected chi connectivity index (χ3v) is 6.22. The van der Waals surface area contributed by atoms with E-state index in [9.17, 15) is 4.79 Å². The molecule has 2 aromatic carbocycles. The van der Waals surface area contributed by atoms with Gasteiger partial charge in [0.2, 0.25) is 0 Å². The van der Waals surface area contributed by atoms with Crippen molar-refractivity contribution in [1.82, 2.24) is 0 Å². The molecule has 2 aromatic rings. The number of hydrogen-bond donors (Lipinski definition) is 0. The first-order valence-corrected chi connectivity index (χ1v) is 9.32. The summed E-state index contributed by atoms with van der Waals surface area (Å²) in [7, 11) is 0. The summed E-state index contributed by atoms with van der Waals surface area (Å²) in [6, 6.07) is 12.7. The maximum atomic E-state index is 12.9. The van der Waals surface area contributed by atoms with Crippen molar-refractivity contribution in [3.05, 3.63) is 47.5 Å². The van der Waals surface area contributed by atoms with Gasteiger partial charge < -0.3 is 0 Å². The van der Waals surface area contributed by atoms with E-state index in [1.54, 1.807) is 0 Å². The van der Waals surface area contributed by atoms with Crippen LogP contribution in [-0.2, 0) is 6.42 Å². The van der Waals surface area contributed by atoms with Crippen LogP contribution < -0.4 is 0 Å². The quantitative estimate of drug-likeness (QED) is 0.700. The van der Waals surface area contributed by atoms with E-state index >= 15 is 0 Å². The Morgan fingerprint density at radius 2 is 1.78 bits per heavy atom. The van der Waals surface area contributed by atoms with Crippen LogP contribution in [0.1, 0.15) is 61.4 Å². The normalized spacial score (nSPS) is 27.3. The average Bonchev–Trinajstić information content (AvgIpc) is 2.93. The minimum atomic E-state index is 0.249. The Hall–Kier alpha value is -1.63. The zero-order valence-corrected chi connectivity index (χ0v) is 14.1. The van der Waals surface area contributed by atoms with Gasteiger partial charge in [-0.3, -0.25) is 4.79 Å². The van der Waals surface area contributed by atoms with Crippen molar-refractivity contribution in [2.24, 2.45) is 17.8 Å². The molecule has 1 saturated carbocycles. The van der Waals surface area contributed by atoms with E-state index in [4.69, 9.17) is 0 Å². The van der Waals surface area contributed by atoms with Gasteiger partial charge in [0.15, 0.2) is 5.78 Å². The summed E-state index contributed by atoms with van der Waals surface area (Å²) in [4.78, 5) is 12.9. The molecule has 0 N–H and O–H groups in total. The fourth-order valence-electron chi connectivity index (χ4n) is 4.97. The van der Waals surface area contributed by atoms with Crippen LogP contribution in [0.4, 0.5) is 0 Å². The van der Waals surface area contributed by atoms with Crippen molar-refractivity contribution >= 4 is 16.6 Å². The SMILES string of the molecule is CCCC1CCC(C2Cc3c(ccc4ccccc34)C2=O)CC1. The van der Waals surface area contributed by atoms with Crippen LogP contribution in [0.3, 0.4) is 0 Å². The van der Waals surface area contributed by atoms with Crippen molar-refractivity contribution in [1.29, 1.82) is 0 Å². The topological polar surface area (TPSA) is 17.1 Å². The number of carbonyl (C=O) groups is 1. The predicted octanol–water partition coefficient (Wildman–Crippen LogP) is 5.80. The summed E-state index contributed by atoms with van der Waals surface area (Å²) in [5.41, 5.74) is 2.32. The van der Waals surface area contributed by atoms with Gasteiger partial charge in [-0.1, -0.05) is 69.0 Å². The average molecular weight is 306 g/mol. The molecule has 1 nitrogen and oxygen atoms in total. The van der Waals surface area contributed by atoms with Crippen molar-refractivity contribution in [3.8, 4) is 0 Å². The molecular weight excluding hydrogens is 280 g/mol. The van der Waals surface area contributed by atoms with Gasteiger partial charge in [-0.15, -0.1) is 0 Å². The summed E-state index contributed by atoms with van der Waals surface area (Å²) in [6.45, 7) is 2.29. The molecule has 2 aliphatic rings. The molecule has 1 heteroatoms.